The highest BCUT2D eigenvalue weighted by molar-refractivity contribution is 7.99. The maximum atomic E-state index is 10.7. The molecule has 1 aliphatic rings. The number of hydrogen-bond donors (Lipinski definition) is 0. The quantitative estimate of drug-likeness (QED) is 0.536. The summed E-state index contributed by atoms with van der Waals surface area (Å²) in [7, 11) is 0. The summed E-state index contributed by atoms with van der Waals surface area (Å²) in [5.74, 6) is 0.683. The zero-order valence-electron chi connectivity index (χ0n) is 13.0. The van der Waals surface area contributed by atoms with Crippen molar-refractivity contribution >= 4 is 23.9 Å². The molecule has 0 amide bonds. The lowest BCUT2D eigenvalue weighted by atomic mass is 10.2. The Kier molecular flexibility index (Phi) is 4.99. The Balaban J connectivity index is 1.84. The number of aromatic nitrogens is 3. The second-order valence-corrected chi connectivity index (χ2v) is 5.92. The Morgan fingerprint density at radius 2 is 2.25 bits per heavy atom. The van der Waals surface area contributed by atoms with Gasteiger partial charge in [-0.05, 0) is 30.2 Å². The third-order valence-corrected chi connectivity index (χ3v) is 4.08. The molecule has 2 aromatic rings. The first-order valence-corrected chi connectivity index (χ1v) is 8.37. The number of nitrogens with zero attached hydrogens (tertiary/aromatic N) is 4. The van der Waals surface area contributed by atoms with Crippen LogP contribution < -0.4 is 14.6 Å². The van der Waals surface area contributed by atoms with Gasteiger partial charge in [-0.25, -0.2) is 0 Å². The topological polar surface area (TPSA) is 102 Å². The number of carboxylic acids is 1. The Morgan fingerprint density at radius 1 is 1.42 bits per heavy atom. The number of fused-ring (bicyclic) bond motifs is 1. The van der Waals surface area contributed by atoms with Crippen molar-refractivity contribution in [3.05, 3.63) is 29.6 Å². The number of ether oxygens (including phenoxy) is 2. The average molecular weight is 347 g/mol. The van der Waals surface area contributed by atoms with Crippen LogP contribution in [-0.4, -0.2) is 39.6 Å². The molecule has 0 N–H and O–H groups in total. The van der Waals surface area contributed by atoms with Crippen molar-refractivity contribution in [2.45, 2.75) is 24.9 Å². The minimum atomic E-state index is -1.16. The van der Waals surface area contributed by atoms with Crippen LogP contribution in [0.15, 0.2) is 28.5 Å². The standard InChI is InChI=1S/C15H16N4O4S/c1-2-3-13-17-18-15(24-8-14(20)21)19(13)16-7-10-4-5-11-12(6-10)23-9-22-11/h4-7H,2-3,8-9H2,1H3,(H,20,21)/p-1/b16-7-. The monoisotopic (exact) mass is 347 g/mol. The summed E-state index contributed by atoms with van der Waals surface area (Å²) in [4.78, 5) is 10.7. The first-order chi connectivity index (χ1) is 11.7. The van der Waals surface area contributed by atoms with Gasteiger partial charge in [-0.2, -0.15) is 9.78 Å². The van der Waals surface area contributed by atoms with Crippen molar-refractivity contribution < 1.29 is 19.4 Å². The molecular formula is C15H15N4O4S-. The van der Waals surface area contributed by atoms with E-state index in [4.69, 9.17) is 9.47 Å². The number of aliphatic carboxylic acids is 1. The molecule has 0 fully saturated rings. The molecule has 0 unspecified atom stereocenters. The van der Waals surface area contributed by atoms with Gasteiger partial charge in [0.2, 0.25) is 11.9 Å². The van der Waals surface area contributed by atoms with Gasteiger partial charge in [0.1, 0.15) is 0 Å². The van der Waals surface area contributed by atoms with Gasteiger partial charge in [-0.15, -0.1) is 10.2 Å². The summed E-state index contributed by atoms with van der Waals surface area (Å²) in [6, 6.07) is 5.49. The van der Waals surface area contributed by atoms with Gasteiger partial charge in [0.25, 0.3) is 0 Å². The van der Waals surface area contributed by atoms with Crippen molar-refractivity contribution in [2.75, 3.05) is 12.5 Å². The number of aryl methyl sites for hydroxylation is 1. The predicted molar refractivity (Wildman–Crippen MR) is 85.3 cm³/mol. The average Bonchev–Trinajstić information content (AvgIpc) is 3.17. The van der Waals surface area contributed by atoms with E-state index >= 15 is 0 Å². The molecule has 126 valence electrons. The van der Waals surface area contributed by atoms with Crippen LogP contribution in [0.4, 0.5) is 0 Å². The molecule has 8 nitrogen and oxygen atoms in total. The fourth-order valence-corrected chi connectivity index (χ4v) is 2.74. The summed E-state index contributed by atoms with van der Waals surface area (Å²) < 4.78 is 12.2. The van der Waals surface area contributed by atoms with Gasteiger partial charge >= 0.3 is 0 Å². The fraction of sp³-hybridized carbons (Fsp3) is 0.333. The van der Waals surface area contributed by atoms with E-state index in [2.05, 4.69) is 15.3 Å². The lowest BCUT2D eigenvalue weighted by molar-refractivity contribution is -0.301. The summed E-state index contributed by atoms with van der Waals surface area (Å²) in [6.45, 7) is 2.24. The number of carboxylic acid groups (broad SMARTS) is 1. The van der Waals surface area contributed by atoms with Gasteiger partial charge in [-0.1, -0.05) is 18.7 Å². The first-order valence-electron chi connectivity index (χ1n) is 7.38. The Morgan fingerprint density at radius 3 is 3.04 bits per heavy atom. The SMILES string of the molecule is CCCc1nnc(SCC(=O)[O-])n1/N=C\c1ccc2c(c1)OCO2. The lowest BCUT2D eigenvalue weighted by Crippen LogP contribution is -2.24. The van der Waals surface area contributed by atoms with E-state index in [0.717, 1.165) is 23.7 Å². The molecule has 1 aromatic carbocycles. The minimum Gasteiger partial charge on any atom is -0.549 e. The van der Waals surface area contributed by atoms with Crippen molar-refractivity contribution in [3.8, 4) is 11.5 Å². The molecule has 0 bridgehead atoms. The van der Waals surface area contributed by atoms with Crippen LogP contribution >= 0.6 is 11.8 Å². The highest BCUT2D eigenvalue weighted by atomic mass is 32.2. The van der Waals surface area contributed by atoms with E-state index in [9.17, 15) is 9.90 Å². The maximum absolute atomic E-state index is 10.7. The molecule has 2 heterocycles. The van der Waals surface area contributed by atoms with Crippen molar-refractivity contribution in [3.63, 3.8) is 0 Å². The fourth-order valence-electron chi connectivity index (χ4n) is 2.12. The van der Waals surface area contributed by atoms with E-state index in [1.54, 1.807) is 10.9 Å². The summed E-state index contributed by atoms with van der Waals surface area (Å²) in [5.41, 5.74) is 0.825. The number of thioether (sulfide) groups is 1. The van der Waals surface area contributed by atoms with E-state index in [0.29, 0.717) is 28.9 Å². The van der Waals surface area contributed by atoms with Crippen LogP contribution in [0.5, 0.6) is 11.5 Å². The van der Waals surface area contributed by atoms with Crippen LogP contribution in [0.1, 0.15) is 24.7 Å². The number of carbonyl (C=O) groups is 1. The molecular weight excluding hydrogens is 332 g/mol. The van der Waals surface area contributed by atoms with Crippen LogP contribution in [0, 0.1) is 0 Å². The van der Waals surface area contributed by atoms with Crippen molar-refractivity contribution in [2.24, 2.45) is 5.10 Å². The third-order valence-electron chi connectivity index (χ3n) is 3.19. The zero-order chi connectivity index (χ0) is 16.9. The molecule has 3 rings (SSSR count). The summed E-state index contributed by atoms with van der Waals surface area (Å²) >= 11 is 1.03. The Bertz CT molecular complexity index is 775. The smallest absolute Gasteiger partial charge is 0.231 e. The van der Waals surface area contributed by atoms with Crippen LogP contribution in [0.3, 0.4) is 0 Å². The molecule has 0 saturated carbocycles. The predicted octanol–water partition coefficient (Wildman–Crippen LogP) is 0.683. The summed E-state index contributed by atoms with van der Waals surface area (Å²) in [6.07, 6.45) is 3.22. The van der Waals surface area contributed by atoms with Gasteiger partial charge in [0, 0.05) is 12.2 Å². The number of rotatable bonds is 7. The number of benzene rings is 1. The van der Waals surface area contributed by atoms with E-state index in [-0.39, 0.29) is 12.5 Å². The molecule has 1 aliphatic heterocycles. The zero-order valence-corrected chi connectivity index (χ0v) is 13.8. The van der Waals surface area contributed by atoms with Crippen LogP contribution in [0.25, 0.3) is 0 Å². The van der Waals surface area contributed by atoms with Gasteiger partial charge in [-0.3, -0.25) is 0 Å². The van der Waals surface area contributed by atoms with E-state index < -0.39 is 5.97 Å². The summed E-state index contributed by atoms with van der Waals surface area (Å²) in [5, 5.41) is 23.5. The van der Waals surface area contributed by atoms with E-state index in [1.165, 1.54) is 0 Å². The van der Waals surface area contributed by atoms with Crippen LogP contribution in [0.2, 0.25) is 0 Å². The van der Waals surface area contributed by atoms with Crippen LogP contribution in [-0.2, 0) is 11.2 Å². The first kappa shape index (κ1) is 16.3. The third kappa shape index (κ3) is 3.67. The number of carbonyl (C=O) groups excluding carboxylic acids is 1. The molecule has 9 heteroatoms. The molecule has 0 atom stereocenters. The molecule has 0 aliphatic carbocycles. The molecule has 24 heavy (non-hydrogen) atoms. The van der Waals surface area contributed by atoms with Gasteiger partial charge in [0.15, 0.2) is 17.3 Å². The molecule has 0 saturated heterocycles. The second kappa shape index (κ2) is 7.35. The van der Waals surface area contributed by atoms with Gasteiger partial charge in [0.05, 0.1) is 12.2 Å². The Labute approximate surface area is 142 Å². The maximum Gasteiger partial charge on any atom is 0.231 e. The minimum absolute atomic E-state index is 0.205. The lowest BCUT2D eigenvalue weighted by Gasteiger charge is -2.04. The largest absolute Gasteiger partial charge is 0.549 e. The number of hydrogen-bond acceptors (Lipinski definition) is 8. The van der Waals surface area contributed by atoms with Crippen molar-refractivity contribution in [1.82, 2.24) is 14.9 Å². The Hall–Kier alpha value is -2.55. The highest BCUT2D eigenvalue weighted by Gasteiger charge is 2.14. The molecule has 0 radical (unpaired) electrons. The molecule has 1 aromatic heterocycles. The normalized spacial score (nSPS) is 12.9. The van der Waals surface area contributed by atoms with E-state index in [1.807, 2.05) is 25.1 Å². The highest BCUT2D eigenvalue weighted by Crippen LogP contribution is 2.32. The van der Waals surface area contributed by atoms with Gasteiger partial charge < -0.3 is 19.4 Å². The van der Waals surface area contributed by atoms with Crippen molar-refractivity contribution in [1.29, 1.82) is 0 Å². The second-order valence-electron chi connectivity index (χ2n) is 4.98. The molecule has 0 spiro atoms.